The molecule has 1 amide bonds. The van der Waals surface area contributed by atoms with Gasteiger partial charge < -0.3 is 20.1 Å². The molecule has 29 heavy (non-hydrogen) atoms. The summed E-state index contributed by atoms with van der Waals surface area (Å²) in [6, 6.07) is 9.50. The molecule has 146 valence electrons. The molecule has 0 saturated heterocycles. The van der Waals surface area contributed by atoms with Crippen molar-refractivity contribution in [2.24, 2.45) is 0 Å². The monoisotopic (exact) mass is 393 g/mol. The first-order valence-electron chi connectivity index (χ1n) is 8.76. The summed E-state index contributed by atoms with van der Waals surface area (Å²) in [6.45, 7) is 0.293. The summed E-state index contributed by atoms with van der Waals surface area (Å²) in [5, 5.41) is 23.2. The third-order valence-corrected chi connectivity index (χ3v) is 4.78. The van der Waals surface area contributed by atoms with E-state index in [4.69, 9.17) is 0 Å². The van der Waals surface area contributed by atoms with Gasteiger partial charge in [0.1, 0.15) is 11.6 Å². The number of aliphatic carboxylic acids is 1. The number of pyridine rings is 1. The van der Waals surface area contributed by atoms with Gasteiger partial charge in [-0.1, -0.05) is 18.2 Å². The van der Waals surface area contributed by atoms with Gasteiger partial charge in [0.2, 0.25) is 6.41 Å². The fourth-order valence-corrected chi connectivity index (χ4v) is 3.66. The van der Waals surface area contributed by atoms with Crippen LogP contribution in [0.25, 0.3) is 21.8 Å². The summed E-state index contributed by atoms with van der Waals surface area (Å²) in [4.78, 5) is 26.5. The number of benzene rings is 2. The summed E-state index contributed by atoms with van der Waals surface area (Å²) in [7, 11) is 0. The molecule has 2 heterocycles. The number of carbonyl (C=O) groups excluding carboxylic acids is 1. The largest absolute Gasteiger partial charge is 0.506 e. The summed E-state index contributed by atoms with van der Waals surface area (Å²) in [5.41, 5.74) is 2.63. The number of fused-ring (bicyclic) bond motifs is 3. The highest BCUT2D eigenvalue weighted by atomic mass is 19.1. The van der Waals surface area contributed by atoms with E-state index in [-0.39, 0.29) is 18.0 Å². The average Bonchev–Trinajstić information content (AvgIpc) is 2.99. The highest BCUT2D eigenvalue weighted by Crippen LogP contribution is 2.40. The van der Waals surface area contributed by atoms with E-state index in [2.05, 4.69) is 10.3 Å². The lowest BCUT2D eigenvalue weighted by Gasteiger charge is -2.11. The molecule has 0 bridgehead atoms. The normalized spacial score (nSPS) is 11.1. The van der Waals surface area contributed by atoms with E-state index in [1.165, 1.54) is 18.3 Å². The fourth-order valence-electron chi connectivity index (χ4n) is 3.66. The summed E-state index contributed by atoms with van der Waals surface area (Å²) in [6.07, 6.45) is 3.02. The summed E-state index contributed by atoms with van der Waals surface area (Å²) in [5.74, 6) is -1.52. The lowest BCUT2D eigenvalue weighted by Crippen LogP contribution is -2.06. The zero-order chi connectivity index (χ0) is 20.5. The van der Waals surface area contributed by atoms with Gasteiger partial charge in [-0.25, -0.2) is 4.39 Å². The molecule has 0 spiro atoms. The van der Waals surface area contributed by atoms with Crippen LogP contribution < -0.4 is 5.32 Å². The molecule has 0 saturated carbocycles. The smallest absolute Gasteiger partial charge is 0.307 e. The number of hydrogen-bond donors (Lipinski definition) is 3. The number of amides is 1. The molecule has 0 atom stereocenters. The van der Waals surface area contributed by atoms with E-state index in [0.717, 1.165) is 0 Å². The van der Waals surface area contributed by atoms with Crippen LogP contribution >= 0.6 is 0 Å². The molecule has 0 fully saturated rings. The first kappa shape index (κ1) is 18.4. The van der Waals surface area contributed by atoms with Gasteiger partial charge in [-0.3, -0.25) is 14.6 Å². The van der Waals surface area contributed by atoms with Gasteiger partial charge in [0.25, 0.3) is 0 Å². The lowest BCUT2D eigenvalue weighted by molar-refractivity contribution is -0.136. The number of carbonyl (C=O) groups is 2. The Labute approximate surface area is 164 Å². The minimum absolute atomic E-state index is 0.105. The van der Waals surface area contributed by atoms with Gasteiger partial charge in [0.05, 0.1) is 40.9 Å². The Hall–Kier alpha value is -3.94. The molecule has 2 aromatic carbocycles. The Balaban J connectivity index is 2.05. The Morgan fingerprint density at radius 2 is 2.00 bits per heavy atom. The Morgan fingerprint density at radius 3 is 2.72 bits per heavy atom. The molecule has 8 heteroatoms. The number of anilines is 1. The number of halogens is 1. The quantitative estimate of drug-likeness (QED) is 0.436. The van der Waals surface area contributed by atoms with Crippen LogP contribution in [-0.4, -0.2) is 32.1 Å². The molecule has 0 radical (unpaired) electrons. The molecule has 2 aromatic heterocycles. The predicted octanol–water partition coefficient (Wildman–Crippen LogP) is 3.28. The molecule has 0 aliphatic carbocycles. The molecule has 4 aromatic rings. The molecule has 0 unspecified atom stereocenters. The maximum atomic E-state index is 13.7. The van der Waals surface area contributed by atoms with E-state index in [1.807, 2.05) is 4.57 Å². The van der Waals surface area contributed by atoms with E-state index in [0.29, 0.717) is 51.6 Å². The van der Waals surface area contributed by atoms with Gasteiger partial charge >= 0.3 is 5.97 Å². The number of carboxylic acids is 1. The number of hydrogen-bond acceptors (Lipinski definition) is 4. The minimum atomic E-state index is -1.05. The maximum absolute atomic E-state index is 13.7. The highest BCUT2D eigenvalue weighted by molar-refractivity contribution is 6.18. The minimum Gasteiger partial charge on any atom is -0.506 e. The van der Waals surface area contributed by atoms with Crippen LogP contribution in [0.5, 0.6) is 5.75 Å². The van der Waals surface area contributed by atoms with Crippen LogP contribution in [0.1, 0.15) is 11.1 Å². The van der Waals surface area contributed by atoms with Crippen LogP contribution in [0, 0.1) is 5.82 Å². The molecule has 7 nitrogen and oxygen atoms in total. The standard InChI is InChI=1S/C21H16FN3O4/c22-14-3-1-2-12(6-14)10-25-15-5-4-13(7-18(28)29)21(24-11-26)20(15)19-16(25)8-23-9-17(19)27/h1-6,8-9,11,27H,7,10H2,(H,24,26)(H,28,29). The third-order valence-electron chi connectivity index (χ3n) is 4.78. The van der Waals surface area contributed by atoms with Crippen molar-refractivity contribution in [3.63, 3.8) is 0 Å². The summed E-state index contributed by atoms with van der Waals surface area (Å²) >= 11 is 0. The van der Waals surface area contributed by atoms with Crippen molar-refractivity contribution in [1.29, 1.82) is 0 Å². The van der Waals surface area contributed by atoms with Crippen LogP contribution in [-0.2, 0) is 22.6 Å². The number of aromatic hydroxyl groups is 1. The van der Waals surface area contributed by atoms with Crippen LogP contribution in [0.15, 0.2) is 48.8 Å². The van der Waals surface area contributed by atoms with Crippen molar-refractivity contribution in [3.05, 3.63) is 65.7 Å². The molecule has 4 rings (SSSR count). The number of aromatic nitrogens is 2. The second-order valence-corrected chi connectivity index (χ2v) is 6.60. The van der Waals surface area contributed by atoms with Gasteiger partial charge in [-0.15, -0.1) is 0 Å². The zero-order valence-electron chi connectivity index (χ0n) is 15.1. The van der Waals surface area contributed by atoms with Gasteiger partial charge in [-0.05, 0) is 29.3 Å². The van der Waals surface area contributed by atoms with Crippen molar-refractivity contribution in [1.82, 2.24) is 9.55 Å². The van der Waals surface area contributed by atoms with E-state index < -0.39 is 5.97 Å². The van der Waals surface area contributed by atoms with E-state index >= 15 is 0 Å². The van der Waals surface area contributed by atoms with E-state index in [9.17, 15) is 24.2 Å². The Morgan fingerprint density at radius 1 is 1.17 bits per heavy atom. The second-order valence-electron chi connectivity index (χ2n) is 6.60. The molecule has 0 aliphatic heterocycles. The first-order valence-corrected chi connectivity index (χ1v) is 8.76. The maximum Gasteiger partial charge on any atom is 0.307 e. The SMILES string of the molecule is O=CNc1c(CC(=O)O)ccc2c1c1c(O)cncc1n2Cc1cccc(F)c1. The first-order chi connectivity index (χ1) is 14.0. The number of carboxylic acid groups (broad SMARTS) is 1. The third kappa shape index (κ3) is 3.25. The molecular formula is C21H16FN3O4. The molecule has 3 N–H and O–H groups in total. The van der Waals surface area contributed by atoms with Gasteiger partial charge in [0, 0.05) is 11.9 Å². The predicted molar refractivity (Wildman–Crippen MR) is 105 cm³/mol. The average molecular weight is 393 g/mol. The Kier molecular flexibility index (Phi) is 4.59. The highest BCUT2D eigenvalue weighted by Gasteiger charge is 2.20. The Bertz CT molecular complexity index is 1270. The zero-order valence-corrected chi connectivity index (χ0v) is 15.1. The van der Waals surface area contributed by atoms with Gasteiger partial charge in [-0.2, -0.15) is 0 Å². The number of nitrogens with one attached hydrogen (secondary N) is 1. The van der Waals surface area contributed by atoms with Crippen LogP contribution in [0.4, 0.5) is 10.1 Å². The molecular weight excluding hydrogens is 377 g/mol. The van der Waals surface area contributed by atoms with Crippen molar-refractivity contribution in [2.75, 3.05) is 5.32 Å². The van der Waals surface area contributed by atoms with Gasteiger partial charge in [0.15, 0.2) is 0 Å². The lowest BCUT2D eigenvalue weighted by atomic mass is 10.0. The van der Waals surface area contributed by atoms with E-state index in [1.54, 1.807) is 30.5 Å². The number of nitrogens with zero attached hydrogens (tertiary/aromatic N) is 2. The van der Waals surface area contributed by atoms with Crippen LogP contribution in [0.3, 0.4) is 0 Å². The molecule has 0 aliphatic rings. The summed E-state index contributed by atoms with van der Waals surface area (Å²) < 4.78 is 15.5. The van der Waals surface area contributed by atoms with Crippen molar-refractivity contribution < 1.29 is 24.2 Å². The van der Waals surface area contributed by atoms with Crippen molar-refractivity contribution in [3.8, 4) is 5.75 Å². The van der Waals surface area contributed by atoms with Crippen molar-refractivity contribution >= 4 is 39.9 Å². The second kappa shape index (κ2) is 7.23. The number of rotatable bonds is 6. The fraction of sp³-hybridized carbons (Fsp3) is 0.0952. The van der Waals surface area contributed by atoms with Crippen LogP contribution in [0.2, 0.25) is 0 Å². The van der Waals surface area contributed by atoms with Crippen molar-refractivity contribution in [2.45, 2.75) is 13.0 Å². The topological polar surface area (TPSA) is 104 Å².